The maximum absolute atomic E-state index is 13.8. The Morgan fingerprint density at radius 3 is 2.16 bits per heavy atom. The van der Waals surface area contributed by atoms with Crippen LogP contribution in [0.4, 0.5) is 0 Å². The Kier molecular flexibility index (Phi) is 9.86. The SMILES string of the molecule is CCOC(=O)[C@@H](CCc1ccccc1)N[C@@H](C)C(=O)N(CC(=O)OC(C)(C)C)C1Cc2ccccc2C1. The minimum atomic E-state index is -0.698. The van der Waals surface area contributed by atoms with Gasteiger partial charge in [0.15, 0.2) is 0 Å². The summed E-state index contributed by atoms with van der Waals surface area (Å²) in [6, 6.07) is 16.5. The van der Waals surface area contributed by atoms with Crippen LogP contribution in [0.2, 0.25) is 0 Å². The lowest BCUT2D eigenvalue weighted by Crippen LogP contribution is -2.55. The van der Waals surface area contributed by atoms with Crippen molar-refractivity contribution in [2.75, 3.05) is 13.2 Å². The van der Waals surface area contributed by atoms with Gasteiger partial charge in [-0.2, -0.15) is 0 Å². The topological polar surface area (TPSA) is 84.9 Å². The standard InChI is InChI=1S/C30H40N2O5/c1-6-36-29(35)26(17-16-22-12-8-7-9-13-22)31-21(2)28(34)32(20-27(33)37-30(3,4)5)25-18-23-14-10-11-15-24(23)19-25/h7-15,21,25-26,31H,6,16-20H2,1-5H3/t21-,26+/m0/s1. The fraction of sp³-hybridized carbons (Fsp3) is 0.500. The second-order valence-corrected chi connectivity index (χ2v) is 10.6. The van der Waals surface area contributed by atoms with Gasteiger partial charge in [0, 0.05) is 6.04 Å². The van der Waals surface area contributed by atoms with E-state index in [4.69, 9.17) is 9.47 Å². The molecule has 1 amide bonds. The molecule has 0 spiro atoms. The molecule has 0 aliphatic heterocycles. The molecule has 1 aliphatic rings. The number of ether oxygens (including phenoxy) is 2. The molecule has 0 bridgehead atoms. The molecule has 0 unspecified atom stereocenters. The normalized spacial score (nSPS) is 14.9. The Morgan fingerprint density at radius 1 is 1.00 bits per heavy atom. The number of hydrogen-bond donors (Lipinski definition) is 1. The third-order valence-electron chi connectivity index (χ3n) is 6.43. The zero-order valence-corrected chi connectivity index (χ0v) is 22.7. The molecule has 37 heavy (non-hydrogen) atoms. The second kappa shape index (κ2) is 12.9. The average Bonchev–Trinajstić information content (AvgIpc) is 3.28. The van der Waals surface area contributed by atoms with E-state index in [1.54, 1.807) is 18.7 Å². The maximum atomic E-state index is 13.8. The lowest BCUT2D eigenvalue weighted by Gasteiger charge is -2.33. The molecule has 0 saturated heterocycles. The number of hydrogen-bond acceptors (Lipinski definition) is 6. The summed E-state index contributed by atoms with van der Waals surface area (Å²) in [4.78, 5) is 40.9. The summed E-state index contributed by atoms with van der Waals surface area (Å²) in [7, 11) is 0. The van der Waals surface area contributed by atoms with Crippen molar-refractivity contribution < 1.29 is 23.9 Å². The highest BCUT2D eigenvalue weighted by Gasteiger charge is 2.35. The van der Waals surface area contributed by atoms with Crippen LogP contribution in [-0.4, -0.2) is 59.6 Å². The molecule has 1 aliphatic carbocycles. The first-order valence-corrected chi connectivity index (χ1v) is 13.1. The number of aryl methyl sites for hydroxylation is 1. The van der Waals surface area contributed by atoms with Crippen LogP contribution in [0.5, 0.6) is 0 Å². The Bertz CT molecular complexity index is 1040. The van der Waals surface area contributed by atoms with Crippen molar-refractivity contribution in [2.24, 2.45) is 0 Å². The van der Waals surface area contributed by atoms with Crippen molar-refractivity contribution in [2.45, 2.75) is 84.0 Å². The van der Waals surface area contributed by atoms with Crippen molar-refractivity contribution in [1.29, 1.82) is 0 Å². The molecule has 0 radical (unpaired) electrons. The Balaban J connectivity index is 1.75. The van der Waals surface area contributed by atoms with E-state index < -0.39 is 23.7 Å². The molecule has 3 rings (SSSR count). The molecule has 0 fully saturated rings. The van der Waals surface area contributed by atoms with Gasteiger partial charge in [0.05, 0.1) is 12.6 Å². The van der Waals surface area contributed by atoms with E-state index in [1.165, 1.54) is 11.1 Å². The number of amides is 1. The number of fused-ring (bicyclic) bond motifs is 1. The van der Waals surface area contributed by atoms with E-state index in [0.717, 1.165) is 5.56 Å². The van der Waals surface area contributed by atoms with Crippen LogP contribution >= 0.6 is 0 Å². The van der Waals surface area contributed by atoms with E-state index in [9.17, 15) is 14.4 Å². The molecule has 7 nitrogen and oxygen atoms in total. The largest absolute Gasteiger partial charge is 0.465 e. The number of rotatable bonds is 11. The van der Waals surface area contributed by atoms with Gasteiger partial charge in [0.1, 0.15) is 18.2 Å². The van der Waals surface area contributed by atoms with Crippen molar-refractivity contribution in [1.82, 2.24) is 10.2 Å². The first-order chi connectivity index (χ1) is 17.6. The van der Waals surface area contributed by atoms with Gasteiger partial charge in [-0.05, 0) is 77.0 Å². The molecular weight excluding hydrogens is 468 g/mol. The third-order valence-corrected chi connectivity index (χ3v) is 6.43. The van der Waals surface area contributed by atoms with E-state index in [-0.39, 0.29) is 31.1 Å². The molecular formula is C30H40N2O5. The Hall–Kier alpha value is -3.19. The molecule has 0 aromatic heterocycles. The van der Waals surface area contributed by atoms with Gasteiger partial charge in [-0.15, -0.1) is 0 Å². The predicted molar refractivity (Wildman–Crippen MR) is 143 cm³/mol. The highest BCUT2D eigenvalue weighted by molar-refractivity contribution is 5.87. The van der Waals surface area contributed by atoms with E-state index in [2.05, 4.69) is 17.4 Å². The van der Waals surface area contributed by atoms with E-state index in [0.29, 0.717) is 25.7 Å². The van der Waals surface area contributed by atoms with Crippen LogP contribution in [0, 0.1) is 0 Å². The lowest BCUT2D eigenvalue weighted by atomic mass is 10.0. The minimum absolute atomic E-state index is 0.144. The summed E-state index contributed by atoms with van der Waals surface area (Å²) in [5.41, 5.74) is 2.82. The predicted octanol–water partition coefficient (Wildman–Crippen LogP) is 3.87. The maximum Gasteiger partial charge on any atom is 0.326 e. The number of benzene rings is 2. The smallest absolute Gasteiger partial charge is 0.326 e. The molecule has 7 heteroatoms. The molecule has 0 heterocycles. The fourth-order valence-electron chi connectivity index (χ4n) is 4.75. The molecule has 2 atom stereocenters. The Morgan fingerprint density at radius 2 is 1.59 bits per heavy atom. The number of nitrogens with zero attached hydrogens (tertiary/aromatic N) is 1. The molecule has 0 saturated carbocycles. The molecule has 1 N–H and O–H groups in total. The van der Waals surface area contributed by atoms with Crippen LogP contribution in [0.15, 0.2) is 54.6 Å². The third kappa shape index (κ3) is 8.42. The van der Waals surface area contributed by atoms with Gasteiger partial charge in [0.25, 0.3) is 0 Å². The lowest BCUT2D eigenvalue weighted by molar-refractivity contribution is -0.160. The monoisotopic (exact) mass is 508 g/mol. The van der Waals surface area contributed by atoms with E-state index >= 15 is 0 Å². The van der Waals surface area contributed by atoms with Crippen molar-refractivity contribution in [3.63, 3.8) is 0 Å². The molecule has 200 valence electrons. The first-order valence-electron chi connectivity index (χ1n) is 13.1. The van der Waals surface area contributed by atoms with Crippen molar-refractivity contribution in [3.05, 3.63) is 71.3 Å². The van der Waals surface area contributed by atoms with Gasteiger partial charge < -0.3 is 14.4 Å². The van der Waals surface area contributed by atoms with Gasteiger partial charge in [-0.1, -0.05) is 54.6 Å². The highest BCUT2D eigenvalue weighted by atomic mass is 16.6. The zero-order valence-electron chi connectivity index (χ0n) is 22.7. The number of carbonyl (C=O) groups excluding carboxylic acids is 3. The van der Waals surface area contributed by atoms with Crippen molar-refractivity contribution in [3.8, 4) is 0 Å². The van der Waals surface area contributed by atoms with Crippen LogP contribution < -0.4 is 5.32 Å². The van der Waals surface area contributed by atoms with Gasteiger partial charge in [-0.3, -0.25) is 19.7 Å². The summed E-state index contributed by atoms with van der Waals surface area (Å²) in [6.07, 6.45) is 2.50. The number of esters is 2. The van der Waals surface area contributed by atoms with Crippen LogP contribution in [-0.2, 0) is 43.1 Å². The highest BCUT2D eigenvalue weighted by Crippen LogP contribution is 2.26. The van der Waals surface area contributed by atoms with Crippen LogP contribution in [0.3, 0.4) is 0 Å². The summed E-state index contributed by atoms with van der Waals surface area (Å²) < 4.78 is 10.8. The molecule has 2 aromatic rings. The van der Waals surface area contributed by atoms with Crippen LogP contribution in [0.25, 0.3) is 0 Å². The minimum Gasteiger partial charge on any atom is -0.465 e. The van der Waals surface area contributed by atoms with Crippen molar-refractivity contribution >= 4 is 17.8 Å². The van der Waals surface area contributed by atoms with E-state index in [1.807, 2.05) is 63.2 Å². The van der Waals surface area contributed by atoms with Gasteiger partial charge in [0.2, 0.25) is 5.91 Å². The first kappa shape index (κ1) is 28.4. The summed E-state index contributed by atoms with van der Waals surface area (Å²) >= 11 is 0. The summed E-state index contributed by atoms with van der Waals surface area (Å²) in [6.45, 7) is 9.04. The fourth-order valence-corrected chi connectivity index (χ4v) is 4.75. The summed E-state index contributed by atoms with van der Waals surface area (Å²) in [5.74, 6) is -1.07. The average molecular weight is 509 g/mol. The number of nitrogens with one attached hydrogen (secondary N) is 1. The molecule has 2 aromatic carbocycles. The second-order valence-electron chi connectivity index (χ2n) is 10.6. The Labute approximate surface area is 220 Å². The van der Waals surface area contributed by atoms with Gasteiger partial charge in [-0.25, -0.2) is 0 Å². The quantitative estimate of drug-likeness (QED) is 0.464. The van der Waals surface area contributed by atoms with Gasteiger partial charge >= 0.3 is 11.9 Å². The zero-order chi connectivity index (χ0) is 27.0. The number of carbonyl (C=O) groups is 3. The van der Waals surface area contributed by atoms with Crippen LogP contribution in [0.1, 0.15) is 57.7 Å². The summed E-state index contributed by atoms with van der Waals surface area (Å²) in [5, 5.41) is 3.20.